The Morgan fingerprint density at radius 2 is 1.79 bits per heavy atom. The number of aromatic nitrogens is 4. The van der Waals surface area contributed by atoms with Crippen molar-refractivity contribution < 1.29 is 28.2 Å². The zero-order valence-corrected chi connectivity index (χ0v) is 25.8. The number of benzene rings is 2. The van der Waals surface area contributed by atoms with E-state index in [0.717, 1.165) is 5.69 Å². The largest absolute Gasteiger partial charge is 0.464 e. The van der Waals surface area contributed by atoms with E-state index in [-0.39, 0.29) is 59.1 Å². The van der Waals surface area contributed by atoms with E-state index in [1.54, 1.807) is 24.2 Å². The summed E-state index contributed by atoms with van der Waals surface area (Å²) < 4.78 is 33.4. The van der Waals surface area contributed by atoms with Gasteiger partial charge in [0.2, 0.25) is 0 Å². The summed E-state index contributed by atoms with van der Waals surface area (Å²) in [5, 5.41) is 5.31. The van der Waals surface area contributed by atoms with Gasteiger partial charge >= 0.3 is 6.09 Å². The molecule has 2 atom stereocenters. The summed E-state index contributed by atoms with van der Waals surface area (Å²) in [5.74, 6) is -0.884. The van der Waals surface area contributed by atoms with Gasteiger partial charge in [-0.3, -0.25) is 14.4 Å². The number of ketones is 1. The number of nitrogens with zero attached hydrogens (tertiary/aromatic N) is 6. The van der Waals surface area contributed by atoms with Gasteiger partial charge in [0.25, 0.3) is 0 Å². The fourth-order valence-electron chi connectivity index (χ4n) is 5.56. The minimum atomic E-state index is -0.665. The molecular weight excluding hydrogens is 555 g/mol. The number of anilines is 1. The highest BCUT2D eigenvalue weighted by Gasteiger charge is 2.36. The van der Waals surface area contributed by atoms with Gasteiger partial charge in [-0.2, -0.15) is 5.10 Å². The maximum atomic E-state index is 15.6. The number of hydrogen-bond acceptors (Lipinski definition) is 9. The predicted octanol–water partition coefficient (Wildman–Crippen LogP) is 5.34. The average molecular weight is 593 g/mol. The Labute approximate surface area is 249 Å². The molecule has 1 saturated heterocycles. The van der Waals surface area contributed by atoms with Crippen LogP contribution in [0.1, 0.15) is 52.0 Å². The Morgan fingerprint density at radius 3 is 2.42 bits per heavy atom. The molecule has 1 amide bonds. The topological polar surface area (TPSA) is 112 Å². The average Bonchev–Trinajstić information content (AvgIpc) is 3.30. The first-order valence-corrected chi connectivity index (χ1v) is 14.1. The Bertz CT molecular complexity index is 1700. The number of aryl methyl sites for hydroxylation is 1. The van der Waals surface area contributed by atoms with E-state index in [4.69, 9.17) is 19.2 Å². The number of amides is 1. The number of carbonyl (C=O) groups excluding carboxylic acids is 2. The number of halogens is 1. The molecule has 12 heteroatoms. The molecule has 228 valence electrons. The summed E-state index contributed by atoms with van der Waals surface area (Å²) in [6.07, 6.45) is 1.35. The maximum Gasteiger partial charge on any atom is 0.410 e. The third-order valence-corrected chi connectivity index (χ3v) is 7.27. The highest BCUT2D eigenvalue weighted by molar-refractivity contribution is 6.06. The van der Waals surface area contributed by atoms with Gasteiger partial charge in [-0.05, 0) is 58.9 Å². The van der Waals surface area contributed by atoms with Crippen LogP contribution in [0, 0.1) is 5.82 Å². The first-order chi connectivity index (χ1) is 20.3. The first-order valence-electron chi connectivity index (χ1n) is 14.1. The van der Waals surface area contributed by atoms with Crippen LogP contribution in [-0.4, -0.2) is 81.2 Å². The van der Waals surface area contributed by atoms with Crippen LogP contribution in [0.2, 0.25) is 0 Å². The van der Waals surface area contributed by atoms with Crippen LogP contribution in [0.4, 0.5) is 14.9 Å². The molecule has 1 fully saturated rings. The van der Waals surface area contributed by atoms with Crippen LogP contribution in [0.25, 0.3) is 33.2 Å². The quantitative estimate of drug-likeness (QED) is 0.216. The highest BCUT2D eigenvalue weighted by Crippen LogP contribution is 2.37. The minimum absolute atomic E-state index is 0.107. The second-order valence-corrected chi connectivity index (χ2v) is 12.0. The van der Waals surface area contributed by atoms with Crippen LogP contribution in [-0.2, 0) is 16.5 Å². The molecule has 1 aliphatic heterocycles. The van der Waals surface area contributed by atoms with Crippen molar-refractivity contribution in [1.82, 2.24) is 24.6 Å². The van der Waals surface area contributed by atoms with Gasteiger partial charge < -0.3 is 19.1 Å². The smallest absolute Gasteiger partial charge is 0.410 e. The number of hydrogen-bond donors (Lipinski definition) is 0. The number of ether oxygens (including phenoxy) is 3. The zero-order chi connectivity index (χ0) is 31.2. The molecule has 0 aliphatic carbocycles. The highest BCUT2D eigenvalue weighted by atomic mass is 19.1. The van der Waals surface area contributed by atoms with Gasteiger partial charge in [0.1, 0.15) is 16.8 Å². The lowest BCUT2D eigenvalue weighted by Crippen LogP contribution is -2.59. The Kier molecular flexibility index (Phi) is 7.99. The van der Waals surface area contributed by atoms with Gasteiger partial charge in [0.15, 0.2) is 30.0 Å². The molecule has 1 aliphatic rings. The van der Waals surface area contributed by atoms with Crippen molar-refractivity contribution in [2.45, 2.75) is 59.2 Å². The standard InChI is InChI=1S/C31H37FN6O5/c1-17-13-37(14-18(2)38(17)30(40)43-31(4,5)6)21-9-10-24-22(12-21)26(19(3)39)34-29(33-24)23-11-20-15-36(7)35-27(20)25(32)28(23)42-16-41-8/h9-12,15,17-18H,13-14,16H2,1-8H3/t17-,18+. The summed E-state index contributed by atoms with van der Waals surface area (Å²) in [6, 6.07) is 7.13. The summed E-state index contributed by atoms with van der Waals surface area (Å²) >= 11 is 0. The number of methoxy groups -OCH3 is 1. The predicted molar refractivity (Wildman–Crippen MR) is 161 cm³/mol. The SMILES string of the molecule is COCOc1c(-c2nc(C(C)=O)c3cc(N4C[C@@H](C)N(C(=O)OC(C)(C)C)[C@@H](C)C4)ccc3n2)cc2cn(C)nc2c1F. The van der Waals surface area contributed by atoms with E-state index >= 15 is 4.39 Å². The summed E-state index contributed by atoms with van der Waals surface area (Å²) in [6.45, 7) is 11.9. The molecule has 0 bridgehead atoms. The molecule has 0 radical (unpaired) electrons. The Hall–Kier alpha value is -4.32. The van der Waals surface area contributed by atoms with E-state index in [2.05, 4.69) is 15.0 Å². The monoisotopic (exact) mass is 592 g/mol. The summed E-state index contributed by atoms with van der Waals surface area (Å²) in [5.41, 5.74) is 1.45. The van der Waals surface area contributed by atoms with E-state index in [1.807, 2.05) is 52.8 Å². The van der Waals surface area contributed by atoms with Crippen molar-refractivity contribution in [3.05, 3.63) is 42.0 Å². The van der Waals surface area contributed by atoms with Crippen LogP contribution >= 0.6 is 0 Å². The van der Waals surface area contributed by atoms with Gasteiger partial charge in [-0.15, -0.1) is 0 Å². The summed E-state index contributed by atoms with van der Waals surface area (Å²) in [4.78, 5) is 39.1. The molecule has 0 unspecified atom stereocenters. The lowest BCUT2D eigenvalue weighted by Gasteiger charge is -2.45. The maximum absolute atomic E-state index is 15.6. The number of fused-ring (bicyclic) bond motifs is 2. The third kappa shape index (κ3) is 5.96. The minimum Gasteiger partial charge on any atom is -0.464 e. The van der Waals surface area contributed by atoms with Crippen molar-refractivity contribution in [2.75, 3.05) is 31.9 Å². The van der Waals surface area contributed by atoms with Crippen LogP contribution in [0.5, 0.6) is 5.75 Å². The van der Waals surface area contributed by atoms with Crippen LogP contribution in [0.3, 0.4) is 0 Å². The van der Waals surface area contributed by atoms with Crippen molar-refractivity contribution in [3.63, 3.8) is 0 Å². The fraction of sp³-hybridized carbons (Fsp3) is 0.452. The van der Waals surface area contributed by atoms with E-state index in [1.165, 1.54) is 18.7 Å². The third-order valence-electron chi connectivity index (χ3n) is 7.27. The molecule has 3 heterocycles. The molecule has 43 heavy (non-hydrogen) atoms. The summed E-state index contributed by atoms with van der Waals surface area (Å²) in [7, 11) is 3.14. The molecule has 0 saturated carbocycles. The molecular formula is C31H37FN6O5. The van der Waals surface area contributed by atoms with Crippen molar-refractivity contribution in [2.24, 2.45) is 7.05 Å². The normalized spacial score (nSPS) is 17.5. The number of carbonyl (C=O) groups is 2. The second-order valence-electron chi connectivity index (χ2n) is 12.0. The molecule has 0 spiro atoms. The zero-order valence-electron chi connectivity index (χ0n) is 25.8. The van der Waals surface area contributed by atoms with Gasteiger partial charge in [-0.1, -0.05) is 0 Å². The Morgan fingerprint density at radius 1 is 1.09 bits per heavy atom. The van der Waals surface area contributed by atoms with Gasteiger partial charge in [-0.25, -0.2) is 19.2 Å². The van der Waals surface area contributed by atoms with Crippen molar-refractivity contribution >= 4 is 39.4 Å². The van der Waals surface area contributed by atoms with Gasteiger partial charge in [0, 0.05) is 56.8 Å². The Balaban J connectivity index is 1.54. The van der Waals surface area contributed by atoms with Crippen molar-refractivity contribution in [1.29, 1.82) is 0 Å². The number of rotatable bonds is 6. The molecule has 2 aromatic heterocycles. The van der Waals surface area contributed by atoms with E-state index in [0.29, 0.717) is 29.4 Å². The lowest BCUT2D eigenvalue weighted by atomic mass is 10.0. The molecule has 5 rings (SSSR count). The van der Waals surface area contributed by atoms with Crippen molar-refractivity contribution in [3.8, 4) is 17.1 Å². The first kappa shape index (κ1) is 30.1. The molecule has 0 N–H and O–H groups in total. The molecule has 4 aromatic rings. The van der Waals surface area contributed by atoms with Gasteiger partial charge in [0.05, 0.1) is 23.2 Å². The fourth-order valence-corrected chi connectivity index (χ4v) is 5.56. The van der Waals surface area contributed by atoms with E-state index < -0.39 is 11.4 Å². The van der Waals surface area contributed by atoms with Crippen LogP contribution in [0.15, 0.2) is 30.5 Å². The van der Waals surface area contributed by atoms with Crippen LogP contribution < -0.4 is 9.64 Å². The van der Waals surface area contributed by atoms with E-state index in [9.17, 15) is 9.59 Å². The molecule has 11 nitrogen and oxygen atoms in total. The molecule has 2 aromatic carbocycles. The number of piperazine rings is 1. The second kappa shape index (κ2) is 11.4. The number of Topliss-reactive ketones (excluding diaryl/α,β-unsaturated/α-hetero) is 1. The lowest BCUT2D eigenvalue weighted by molar-refractivity contribution is 0.00564.